The van der Waals surface area contributed by atoms with Gasteiger partial charge in [0.1, 0.15) is 0 Å². The number of anilines is 1. The van der Waals surface area contributed by atoms with Crippen molar-refractivity contribution in [2.24, 2.45) is 11.8 Å². The molecule has 0 radical (unpaired) electrons. The highest BCUT2D eigenvalue weighted by molar-refractivity contribution is 7.99. The van der Waals surface area contributed by atoms with E-state index in [0.29, 0.717) is 29.3 Å². The molecule has 1 aromatic heterocycles. The molecule has 0 spiro atoms. The van der Waals surface area contributed by atoms with Crippen molar-refractivity contribution in [3.63, 3.8) is 0 Å². The molecule has 1 heterocycles. The number of nitrogen functional groups attached to an aromatic ring is 1. The fourth-order valence-electron chi connectivity index (χ4n) is 2.65. The summed E-state index contributed by atoms with van der Waals surface area (Å²) in [4.78, 5) is 16.2. The summed E-state index contributed by atoms with van der Waals surface area (Å²) >= 11 is 1.45. The largest absolute Gasteiger partial charge is 0.397 e. The lowest BCUT2D eigenvalue weighted by molar-refractivity contribution is -0.119. The Morgan fingerprint density at radius 2 is 2.25 bits per heavy atom. The molecule has 0 aromatic carbocycles. The van der Waals surface area contributed by atoms with Crippen molar-refractivity contribution in [3.05, 3.63) is 18.3 Å². The highest BCUT2D eigenvalue weighted by Crippen LogP contribution is 2.29. The third-order valence-electron chi connectivity index (χ3n) is 4.16. The van der Waals surface area contributed by atoms with Gasteiger partial charge >= 0.3 is 0 Å². The van der Waals surface area contributed by atoms with Gasteiger partial charge in [-0.05, 0) is 30.4 Å². The molecule has 1 fully saturated rings. The van der Waals surface area contributed by atoms with Crippen LogP contribution >= 0.6 is 11.8 Å². The molecule has 5 heteroatoms. The molecular formula is C15H23N3OS. The van der Waals surface area contributed by atoms with Gasteiger partial charge in [-0.15, -0.1) is 0 Å². The van der Waals surface area contributed by atoms with Crippen LogP contribution in [0.15, 0.2) is 23.4 Å². The van der Waals surface area contributed by atoms with Crippen LogP contribution in [0.25, 0.3) is 0 Å². The minimum atomic E-state index is 0.0968. The molecule has 1 aromatic rings. The van der Waals surface area contributed by atoms with E-state index in [9.17, 15) is 4.79 Å². The molecule has 20 heavy (non-hydrogen) atoms. The smallest absolute Gasteiger partial charge is 0.230 e. The Hall–Kier alpha value is -1.23. The molecular weight excluding hydrogens is 270 g/mol. The van der Waals surface area contributed by atoms with Gasteiger partial charge in [-0.1, -0.05) is 38.5 Å². The summed E-state index contributed by atoms with van der Waals surface area (Å²) in [6, 6.07) is 3.97. The zero-order chi connectivity index (χ0) is 14.5. The van der Waals surface area contributed by atoms with Gasteiger partial charge in [-0.2, -0.15) is 0 Å². The highest BCUT2D eigenvalue weighted by Gasteiger charge is 2.27. The second-order valence-electron chi connectivity index (χ2n) is 5.66. The number of amides is 1. The van der Waals surface area contributed by atoms with Crippen molar-refractivity contribution in [2.75, 3.05) is 11.5 Å². The van der Waals surface area contributed by atoms with Crippen LogP contribution in [0.4, 0.5) is 5.69 Å². The molecule has 4 nitrogen and oxygen atoms in total. The van der Waals surface area contributed by atoms with Gasteiger partial charge in [0.15, 0.2) is 0 Å². The number of nitrogens with two attached hydrogens (primary N) is 1. The van der Waals surface area contributed by atoms with Crippen molar-refractivity contribution in [1.82, 2.24) is 10.3 Å². The van der Waals surface area contributed by atoms with E-state index >= 15 is 0 Å². The van der Waals surface area contributed by atoms with Crippen molar-refractivity contribution < 1.29 is 4.79 Å². The van der Waals surface area contributed by atoms with Crippen LogP contribution in [0, 0.1) is 11.8 Å². The van der Waals surface area contributed by atoms with Gasteiger partial charge in [-0.3, -0.25) is 4.79 Å². The third-order valence-corrected chi connectivity index (χ3v) is 5.11. The summed E-state index contributed by atoms with van der Waals surface area (Å²) in [5, 5.41) is 4.00. The standard InChI is InChI=1S/C15H23N3OS/c1-10-4-3-5-13(11(10)2)18-14(19)9-20-15-7-6-12(16)8-17-15/h6-8,10-11,13H,3-5,9,16H2,1-2H3,(H,18,19). The van der Waals surface area contributed by atoms with Gasteiger partial charge in [-0.25, -0.2) is 4.98 Å². The monoisotopic (exact) mass is 293 g/mol. The van der Waals surface area contributed by atoms with E-state index in [4.69, 9.17) is 5.73 Å². The van der Waals surface area contributed by atoms with E-state index in [1.54, 1.807) is 12.3 Å². The summed E-state index contributed by atoms with van der Waals surface area (Å²) < 4.78 is 0. The molecule has 1 aliphatic carbocycles. The van der Waals surface area contributed by atoms with Crippen molar-refractivity contribution in [1.29, 1.82) is 0 Å². The number of thioether (sulfide) groups is 1. The number of rotatable bonds is 4. The fourth-order valence-corrected chi connectivity index (χ4v) is 3.30. The summed E-state index contributed by atoms with van der Waals surface area (Å²) in [6.07, 6.45) is 5.20. The Morgan fingerprint density at radius 3 is 2.95 bits per heavy atom. The normalized spacial score (nSPS) is 26.2. The summed E-state index contributed by atoms with van der Waals surface area (Å²) in [5.74, 6) is 1.77. The molecule has 1 saturated carbocycles. The predicted molar refractivity (Wildman–Crippen MR) is 83.5 cm³/mol. The zero-order valence-electron chi connectivity index (χ0n) is 12.1. The van der Waals surface area contributed by atoms with Gasteiger partial charge in [0.05, 0.1) is 22.7 Å². The van der Waals surface area contributed by atoms with Gasteiger partial charge in [0.25, 0.3) is 0 Å². The Morgan fingerprint density at radius 1 is 1.45 bits per heavy atom. The Labute approximate surface area is 124 Å². The second kappa shape index (κ2) is 6.97. The van der Waals surface area contributed by atoms with E-state index in [1.807, 2.05) is 6.07 Å². The first-order chi connectivity index (χ1) is 9.56. The predicted octanol–water partition coefficient (Wildman–Crippen LogP) is 2.70. The maximum absolute atomic E-state index is 12.0. The van der Waals surface area contributed by atoms with Crippen LogP contribution in [-0.4, -0.2) is 22.7 Å². The minimum absolute atomic E-state index is 0.0968. The van der Waals surface area contributed by atoms with Gasteiger partial charge < -0.3 is 11.1 Å². The van der Waals surface area contributed by atoms with Crippen molar-refractivity contribution >= 4 is 23.4 Å². The Balaban J connectivity index is 1.79. The quantitative estimate of drug-likeness (QED) is 0.838. The topological polar surface area (TPSA) is 68.0 Å². The van der Waals surface area contributed by atoms with Gasteiger partial charge in [0.2, 0.25) is 5.91 Å². The Kier molecular flexibility index (Phi) is 5.29. The molecule has 1 aliphatic rings. The first kappa shape index (κ1) is 15.2. The number of pyridine rings is 1. The zero-order valence-corrected chi connectivity index (χ0v) is 13.0. The highest BCUT2D eigenvalue weighted by atomic mass is 32.2. The van der Waals surface area contributed by atoms with Crippen molar-refractivity contribution in [2.45, 2.75) is 44.2 Å². The third kappa shape index (κ3) is 4.13. The fraction of sp³-hybridized carbons (Fsp3) is 0.600. The molecule has 1 amide bonds. The van der Waals surface area contributed by atoms with Crippen LogP contribution in [-0.2, 0) is 4.79 Å². The SMILES string of the molecule is CC1CCCC(NC(=O)CSc2ccc(N)cn2)C1C. The number of nitrogens with zero attached hydrogens (tertiary/aromatic N) is 1. The lowest BCUT2D eigenvalue weighted by Gasteiger charge is -2.34. The van der Waals surface area contributed by atoms with Gasteiger partial charge in [0, 0.05) is 6.04 Å². The average molecular weight is 293 g/mol. The second-order valence-corrected chi connectivity index (χ2v) is 6.66. The number of nitrogens with one attached hydrogen (secondary N) is 1. The molecule has 0 aliphatic heterocycles. The van der Waals surface area contributed by atoms with Crippen LogP contribution in [0.3, 0.4) is 0 Å². The average Bonchev–Trinajstić information content (AvgIpc) is 2.43. The van der Waals surface area contributed by atoms with E-state index < -0.39 is 0 Å². The minimum Gasteiger partial charge on any atom is -0.397 e. The van der Waals surface area contributed by atoms with E-state index in [0.717, 1.165) is 11.4 Å². The van der Waals surface area contributed by atoms with E-state index in [2.05, 4.69) is 24.1 Å². The molecule has 0 bridgehead atoms. The van der Waals surface area contributed by atoms with Crippen LogP contribution < -0.4 is 11.1 Å². The van der Waals surface area contributed by atoms with E-state index in [-0.39, 0.29) is 5.91 Å². The molecule has 3 atom stereocenters. The van der Waals surface area contributed by atoms with Crippen molar-refractivity contribution in [3.8, 4) is 0 Å². The van der Waals surface area contributed by atoms with E-state index in [1.165, 1.54) is 24.6 Å². The maximum Gasteiger partial charge on any atom is 0.230 e. The lowest BCUT2D eigenvalue weighted by Crippen LogP contribution is -2.44. The first-order valence-corrected chi connectivity index (χ1v) is 8.18. The van der Waals surface area contributed by atoms with Crippen LogP contribution in [0.5, 0.6) is 0 Å². The summed E-state index contributed by atoms with van der Waals surface area (Å²) in [6.45, 7) is 4.51. The Bertz CT molecular complexity index is 449. The summed E-state index contributed by atoms with van der Waals surface area (Å²) in [5.41, 5.74) is 6.23. The molecule has 110 valence electrons. The number of hydrogen-bond acceptors (Lipinski definition) is 4. The number of aromatic nitrogens is 1. The number of carbonyl (C=O) groups is 1. The van der Waals surface area contributed by atoms with Crippen LogP contribution in [0.2, 0.25) is 0 Å². The van der Waals surface area contributed by atoms with Crippen LogP contribution in [0.1, 0.15) is 33.1 Å². The lowest BCUT2D eigenvalue weighted by atomic mass is 9.78. The maximum atomic E-state index is 12.0. The summed E-state index contributed by atoms with van der Waals surface area (Å²) in [7, 11) is 0. The number of hydrogen-bond donors (Lipinski definition) is 2. The molecule has 3 N–H and O–H groups in total. The molecule has 2 rings (SSSR count). The molecule has 0 saturated heterocycles. The first-order valence-electron chi connectivity index (χ1n) is 7.20. The molecule has 3 unspecified atom stereocenters. The number of carbonyl (C=O) groups excluding carboxylic acids is 1.